The average molecular weight is 388 g/mol. The molecule has 3 amide bonds. The molecule has 1 aliphatic rings. The van der Waals surface area contributed by atoms with Gasteiger partial charge in [0.15, 0.2) is 0 Å². The summed E-state index contributed by atoms with van der Waals surface area (Å²) in [7, 11) is 1.31. The van der Waals surface area contributed by atoms with Gasteiger partial charge < -0.3 is 14.5 Å². The largest absolute Gasteiger partial charge is 0.465 e. The number of anilines is 1. The number of benzene rings is 2. The molecule has 0 radical (unpaired) electrons. The van der Waals surface area contributed by atoms with Crippen LogP contribution in [0.1, 0.15) is 16.1 Å². The number of urea groups is 1. The first-order chi connectivity index (χ1) is 14.1. The second-order valence-electron chi connectivity index (χ2n) is 6.20. The fourth-order valence-corrected chi connectivity index (χ4v) is 3.05. The summed E-state index contributed by atoms with van der Waals surface area (Å²) in [6, 6.07) is 18.3. The summed E-state index contributed by atoms with van der Waals surface area (Å²) in [5, 5.41) is 2.55. The molecule has 2 aromatic carbocycles. The minimum Gasteiger partial charge on any atom is -0.465 e. The zero-order valence-corrected chi connectivity index (χ0v) is 15.4. The summed E-state index contributed by atoms with van der Waals surface area (Å²) in [6.45, 7) is 0. The van der Waals surface area contributed by atoms with E-state index in [0.717, 1.165) is 4.90 Å². The Balaban J connectivity index is 1.63. The maximum atomic E-state index is 12.7. The van der Waals surface area contributed by atoms with Gasteiger partial charge in [-0.3, -0.25) is 4.79 Å². The number of carbonyl (C=O) groups excluding carboxylic acids is 3. The highest BCUT2D eigenvalue weighted by atomic mass is 16.5. The van der Waals surface area contributed by atoms with Crippen molar-refractivity contribution < 1.29 is 23.5 Å². The average Bonchev–Trinajstić information content (AvgIpc) is 3.32. The smallest absolute Gasteiger partial charge is 0.338 e. The monoisotopic (exact) mass is 388 g/mol. The van der Waals surface area contributed by atoms with Crippen molar-refractivity contribution in [3.63, 3.8) is 0 Å². The minimum absolute atomic E-state index is 0.0982. The quantitative estimate of drug-likeness (QED) is 0.417. The molecule has 29 heavy (non-hydrogen) atoms. The molecule has 144 valence electrons. The van der Waals surface area contributed by atoms with Crippen molar-refractivity contribution in [3.8, 4) is 11.3 Å². The highest BCUT2D eigenvalue weighted by molar-refractivity contribution is 6.28. The number of amides is 3. The standard InChI is InChI=1S/C22H16N2O5/c1-28-21(26)17-10-6-5-9-16(17)19-12-11-15(29-19)13-18-20(25)24(22(27)23-18)14-7-3-2-4-8-14/h2-13H,1H3,(H,23,27)/b18-13+. The number of furan rings is 1. The van der Waals surface area contributed by atoms with Crippen LogP contribution in [0.5, 0.6) is 0 Å². The summed E-state index contributed by atoms with van der Waals surface area (Å²) >= 11 is 0. The Bertz CT molecular complexity index is 1130. The summed E-state index contributed by atoms with van der Waals surface area (Å²) in [4.78, 5) is 37.9. The number of carbonyl (C=O) groups is 3. The lowest BCUT2D eigenvalue weighted by Crippen LogP contribution is -2.30. The summed E-state index contributed by atoms with van der Waals surface area (Å²) < 4.78 is 10.6. The zero-order chi connectivity index (χ0) is 20.4. The number of methoxy groups -OCH3 is 1. The third kappa shape index (κ3) is 3.41. The van der Waals surface area contributed by atoms with Crippen LogP contribution >= 0.6 is 0 Å². The van der Waals surface area contributed by atoms with Gasteiger partial charge in [0, 0.05) is 11.6 Å². The van der Waals surface area contributed by atoms with Gasteiger partial charge in [-0.15, -0.1) is 0 Å². The number of hydrogen-bond acceptors (Lipinski definition) is 5. The van der Waals surface area contributed by atoms with Gasteiger partial charge in [0.25, 0.3) is 5.91 Å². The second-order valence-corrected chi connectivity index (χ2v) is 6.20. The van der Waals surface area contributed by atoms with Crippen LogP contribution < -0.4 is 10.2 Å². The molecule has 0 atom stereocenters. The van der Waals surface area contributed by atoms with Gasteiger partial charge in [0.1, 0.15) is 17.2 Å². The highest BCUT2D eigenvalue weighted by Gasteiger charge is 2.35. The fraction of sp³-hybridized carbons (Fsp3) is 0.0455. The normalized spacial score (nSPS) is 14.9. The van der Waals surface area contributed by atoms with Crippen molar-refractivity contribution in [3.05, 3.63) is 83.8 Å². The maximum Gasteiger partial charge on any atom is 0.338 e. The van der Waals surface area contributed by atoms with Gasteiger partial charge >= 0.3 is 12.0 Å². The Morgan fingerprint density at radius 2 is 1.72 bits per heavy atom. The van der Waals surface area contributed by atoms with E-state index in [9.17, 15) is 14.4 Å². The molecule has 0 aliphatic carbocycles. The van der Waals surface area contributed by atoms with E-state index in [1.807, 2.05) is 0 Å². The molecule has 2 heterocycles. The number of nitrogens with zero attached hydrogens (tertiary/aromatic N) is 1. The van der Waals surface area contributed by atoms with Crippen molar-refractivity contribution in [2.75, 3.05) is 12.0 Å². The van der Waals surface area contributed by atoms with Crippen LogP contribution in [-0.4, -0.2) is 25.0 Å². The van der Waals surface area contributed by atoms with Gasteiger partial charge in [-0.2, -0.15) is 0 Å². The molecule has 1 N–H and O–H groups in total. The van der Waals surface area contributed by atoms with E-state index in [-0.39, 0.29) is 5.70 Å². The fourth-order valence-electron chi connectivity index (χ4n) is 3.05. The molecular formula is C22H16N2O5. The molecule has 7 nitrogen and oxygen atoms in total. The number of imide groups is 1. The van der Waals surface area contributed by atoms with Crippen LogP contribution in [0.15, 0.2) is 76.8 Å². The molecule has 0 unspecified atom stereocenters. The number of esters is 1. The lowest BCUT2D eigenvalue weighted by Gasteiger charge is -2.10. The topological polar surface area (TPSA) is 88.9 Å². The molecule has 0 spiro atoms. The van der Waals surface area contributed by atoms with Gasteiger partial charge in [-0.05, 0) is 30.3 Å². The zero-order valence-electron chi connectivity index (χ0n) is 15.4. The third-order valence-corrected chi connectivity index (χ3v) is 4.40. The van der Waals surface area contributed by atoms with Crippen LogP contribution in [0.25, 0.3) is 17.4 Å². The highest BCUT2D eigenvalue weighted by Crippen LogP contribution is 2.28. The van der Waals surface area contributed by atoms with E-state index < -0.39 is 17.9 Å². The minimum atomic E-state index is -0.532. The van der Waals surface area contributed by atoms with Gasteiger partial charge in [0.2, 0.25) is 0 Å². The molecule has 1 aromatic heterocycles. The summed E-state index contributed by atoms with van der Waals surface area (Å²) in [6.07, 6.45) is 1.45. The van der Waals surface area contributed by atoms with E-state index in [0.29, 0.717) is 28.3 Å². The first kappa shape index (κ1) is 18.2. The Labute approximate surface area is 166 Å². The van der Waals surface area contributed by atoms with Gasteiger partial charge in [0.05, 0.1) is 18.4 Å². The van der Waals surface area contributed by atoms with Gasteiger partial charge in [-0.1, -0.05) is 36.4 Å². The predicted octanol–water partition coefficient (Wildman–Crippen LogP) is 3.83. The predicted molar refractivity (Wildman–Crippen MR) is 106 cm³/mol. The molecule has 1 fully saturated rings. The number of rotatable bonds is 4. The van der Waals surface area contributed by atoms with Crippen LogP contribution in [0.4, 0.5) is 10.5 Å². The number of ether oxygens (including phenoxy) is 1. The molecule has 1 aliphatic heterocycles. The van der Waals surface area contributed by atoms with Crippen molar-refractivity contribution in [2.45, 2.75) is 0 Å². The van der Waals surface area contributed by atoms with Crippen LogP contribution in [0, 0.1) is 0 Å². The SMILES string of the molecule is COC(=O)c1ccccc1-c1ccc(/C=C2/NC(=O)N(c3ccccc3)C2=O)o1. The Morgan fingerprint density at radius 3 is 2.48 bits per heavy atom. The molecule has 3 aromatic rings. The number of nitrogens with one attached hydrogen (secondary N) is 1. The maximum absolute atomic E-state index is 12.7. The number of hydrogen-bond donors (Lipinski definition) is 1. The molecule has 0 bridgehead atoms. The van der Waals surface area contributed by atoms with E-state index in [1.54, 1.807) is 66.7 Å². The molecule has 0 saturated carbocycles. The van der Waals surface area contributed by atoms with Crippen molar-refractivity contribution in [1.82, 2.24) is 5.32 Å². The van der Waals surface area contributed by atoms with Crippen molar-refractivity contribution in [1.29, 1.82) is 0 Å². The van der Waals surface area contributed by atoms with E-state index in [1.165, 1.54) is 13.2 Å². The third-order valence-electron chi connectivity index (χ3n) is 4.40. The molecule has 1 saturated heterocycles. The lowest BCUT2D eigenvalue weighted by atomic mass is 10.1. The Morgan fingerprint density at radius 1 is 1.00 bits per heavy atom. The van der Waals surface area contributed by atoms with Crippen LogP contribution in [0.2, 0.25) is 0 Å². The van der Waals surface area contributed by atoms with Crippen molar-refractivity contribution in [2.24, 2.45) is 0 Å². The van der Waals surface area contributed by atoms with E-state index in [4.69, 9.17) is 9.15 Å². The first-order valence-electron chi connectivity index (χ1n) is 8.78. The van der Waals surface area contributed by atoms with E-state index >= 15 is 0 Å². The van der Waals surface area contributed by atoms with Gasteiger partial charge in [-0.25, -0.2) is 14.5 Å². The van der Waals surface area contributed by atoms with Crippen LogP contribution in [-0.2, 0) is 9.53 Å². The Kier molecular flexibility index (Phi) is 4.70. The first-order valence-corrected chi connectivity index (χ1v) is 8.78. The second kappa shape index (κ2) is 7.47. The lowest BCUT2D eigenvalue weighted by molar-refractivity contribution is -0.113. The molecule has 4 rings (SSSR count). The van der Waals surface area contributed by atoms with Crippen molar-refractivity contribution >= 4 is 29.7 Å². The van der Waals surface area contributed by atoms with Crippen LogP contribution in [0.3, 0.4) is 0 Å². The Hall–Kier alpha value is -4.13. The molecule has 7 heteroatoms. The van der Waals surface area contributed by atoms with E-state index in [2.05, 4.69) is 5.32 Å². The summed E-state index contributed by atoms with van der Waals surface area (Å²) in [5.41, 5.74) is 1.51. The number of para-hydroxylation sites is 1. The molecular weight excluding hydrogens is 372 g/mol. The summed E-state index contributed by atoms with van der Waals surface area (Å²) in [5.74, 6) is -0.157.